The summed E-state index contributed by atoms with van der Waals surface area (Å²) in [6, 6.07) is 9.93. The fourth-order valence-electron chi connectivity index (χ4n) is 2.56. The van der Waals surface area contributed by atoms with Gasteiger partial charge in [0.1, 0.15) is 12.4 Å². The predicted molar refractivity (Wildman–Crippen MR) is 106 cm³/mol. The van der Waals surface area contributed by atoms with Gasteiger partial charge in [0.15, 0.2) is 0 Å². The highest BCUT2D eigenvalue weighted by Gasteiger charge is 2.17. The minimum Gasteiger partial charge on any atom is -0.491 e. The number of rotatable bonds is 7. The number of sulfonamides is 1. The van der Waals surface area contributed by atoms with E-state index in [1.807, 2.05) is 26.8 Å². The molecule has 0 atom stereocenters. The average molecular weight is 391 g/mol. The van der Waals surface area contributed by atoms with Crippen molar-refractivity contribution in [3.63, 3.8) is 0 Å². The number of hydrogen-bond donors (Lipinski definition) is 1. The van der Waals surface area contributed by atoms with E-state index in [-0.39, 0.29) is 10.8 Å². The number of aryl methyl sites for hydroxylation is 2. The lowest BCUT2D eigenvalue weighted by atomic mass is 10.1. The quantitative estimate of drug-likeness (QED) is 0.738. The first-order valence-corrected chi connectivity index (χ1v) is 10.1. The number of ether oxygens (including phenoxy) is 1. The molecule has 0 aliphatic heterocycles. The van der Waals surface area contributed by atoms with Gasteiger partial charge in [-0.3, -0.25) is 4.79 Å². The summed E-state index contributed by atoms with van der Waals surface area (Å²) in [5.74, 6) is 0.576. The summed E-state index contributed by atoms with van der Waals surface area (Å²) in [5, 5.41) is 2.78. The van der Waals surface area contributed by atoms with E-state index < -0.39 is 10.0 Å². The molecule has 7 heteroatoms. The monoisotopic (exact) mass is 390 g/mol. The Morgan fingerprint density at radius 1 is 1.00 bits per heavy atom. The number of amides is 1. The average Bonchev–Trinajstić information content (AvgIpc) is 2.64. The van der Waals surface area contributed by atoms with Gasteiger partial charge in [-0.1, -0.05) is 12.1 Å². The van der Waals surface area contributed by atoms with Gasteiger partial charge in [0.25, 0.3) is 5.91 Å². The smallest absolute Gasteiger partial charge is 0.251 e. The summed E-state index contributed by atoms with van der Waals surface area (Å²) in [6.45, 7) is 6.74. The molecule has 0 unspecified atom stereocenters. The standard InChI is InChI=1S/C20H26N2O4S/c1-14-6-7-15(2)19(16(14)3)26-13-12-21-20(23)17-8-10-18(11-9-17)27(24,25)22(4)5/h6-11H,12-13H2,1-5H3,(H,21,23). The van der Waals surface area contributed by atoms with Crippen LogP contribution in [0.3, 0.4) is 0 Å². The van der Waals surface area contributed by atoms with Crippen molar-refractivity contribution in [1.82, 2.24) is 9.62 Å². The van der Waals surface area contributed by atoms with Crippen molar-refractivity contribution in [1.29, 1.82) is 0 Å². The lowest BCUT2D eigenvalue weighted by Crippen LogP contribution is -2.28. The van der Waals surface area contributed by atoms with Crippen molar-refractivity contribution in [3.05, 3.63) is 58.7 Å². The van der Waals surface area contributed by atoms with Crippen LogP contribution in [-0.2, 0) is 10.0 Å². The fraction of sp³-hybridized carbons (Fsp3) is 0.350. The normalized spacial score (nSPS) is 11.5. The van der Waals surface area contributed by atoms with E-state index in [4.69, 9.17) is 4.74 Å². The van der Waals surface area contributed by atoms with Crippen molar-refractivity contribution in [2.45, 2.75) is 25.7 Å². The summed E-state index contributed by atoms with van der Waals surface area (Å²) < 4.78 is 31.1. The van der Waals surface area contributed by atoms with Gasteiger partial charge in [-0.2, -0.15) is 0 Å². The molecule has 0 spiro atoms. The lowest BCUT2D eigenvalue weighted by Gasteiger charge is -2.14. The number of carbonyl (C=O) groups excluding carboxylic acids is 1. The molecule has 0 radical (unpaired) electrons. The molecule has 27 heavy (non-hydrogen) atoms. The van der Waals surface area contributed by atoms with Crippen LogP contribution in [0.1, 0.15) is 27.0 Å². The van der Waals surface area contributed by atoms with Crippen LogP contribution in [0.4, 0.5) is 0 Å². The number of nitrogens with one attached hydrogen (secondary N) is 1. The SMILES string of the molecule is Cc1ccc(C)c(OCCNC(=O)c2ccc(S(=O)(=O)N(C)C)cc2)c1C. The summed E-state index contributed by atoms with van der Waals surface area (Å²) in [6.07, 6.45) is 0. The summed E-state index contributed by atoms with van der Waals surface area (Å²) in [5.41, 5.74) is 3.71. The second kappa shape index (κ2) is 8.54. The maximum atomic E-state index is 12.2. The maximum Gasteiger partial charge on any atom is 0.251 e. The van der Waals surface area contributed by atoms with Gasteiger partial charge < -0.3 is 10.1 Å². The molecule has 0 saturated heterocycles. The molecule has 146 valence electrons. The van der Waals surface area contributed by atoms with Crippen molar-refractivity contribution in [3.8, 4) is 5.75 Å². The van der Waals surface area contributed by atoms with E-state index in [0.29, 0.717) is 18.7 Å². The molecule has 0 aliphatic carbocycles. The molecular weight excluding hydrogens is 364 g/mol. The van der Waals surface area contributed by atoms with Crippen LogP contribution in [-0.4, -0.2) is 45.9 Å². The van der Waals surface area contributed by atoms with Gasteiger partial charge >= 0.3 is 0 Å². The Hall–Kier alpha value is -2.38. The summed E-state index contributed by atoms with van der Waals surface area (Å²) in [7, 11) is -0.569. The first-order chi connectivity index (χ1) is 12.6. The molecule has 1 N–H and O–H groups in total. The molecule has 0 saturated carbocycles. The molecular formula is C20H26N2O4S. The van der Waals surface area contributed by atoms with Gasteiger partial charge in [-0.05, 0) is 61.7 Å². The number of benzene rings is 2. The topological polar surface area (TPSA) is 75.7 Å². The lowest BCUT2D eigenvalue weighted by molar-refractivity contribution is 0.0947. The van der Waals surface area contributed by atoms with E-state index in [1.165, 1.54) is 38.4 Å². The van der Waals surface area contributed by atoms with E-state index in [1.54, 1.807) is 0 Å². The number of hydrogen-bond acceptors (Lipinski definition) is 4. The van der Waals surface area contributed by atoms with Gasteiger partial charge in [-0.15, -0.1) is 0 Å². The highest BCUT2D eigenvalue weighted by Crippen LogP contribution is 2.25. The molecule has 2 aromatic carbocycles. The van der Waals surface area contributed by atoms with Crippen LogP contribution in [0.2, 0.25) is 0 Å². The molecule has 0 aromatic heterocycles. The van der Waals surface area contributed by atoms with Gasteiger partial charge in [0.05, 0.1) is 11.4 Å². The Morgan fingerprint density at radius 2 is 1.59 bits per heavy atom. The van der Waals surface area contributed by atoms with Crippen LogP contribution in [0.5, 0.6) is 5.75 Å². The zero-order chi connectivity index (χ0) is 20.2. The van der Waals surface area contributed by atoms with E-state index >= 15 is 0 Å². The minimum absolute atomic E-state index is 0.151. The van der Waals surface area contributed by atoms with Gasteiger partial charge in [-0.25, -0.2) is 12.7 Å². The largest absolute Gasteiger partial charge is 0.491 e. The second-order valence-corrected chi connectivity index (χ2v) is 8.72. The van der Waals surface area contributed by atoms with Crippen molar-refractivity contribution in [2.24, 2.45) is 0 Å². The third kappa shape index (κ3) is 4.87. The van der Waals surface area contributed by atoms with Gasteiger partial charge in [0, 0.05) is 19.7 Å². The second-order valence-electron chi connectivity index (χ2n) is 6.57. The Morgan fingerprint density at radius 3 is 2.19 bits per heavy atom. The van der Waals surface area contributed by atoms with Crippen LogP contribution in [0, 0.1) is 20.8 Å². The van der Waals surface area contributed by atoms with Crippen LogP contribution in [0.25, 0.3) is 0 Å². The first kappa shape index (κ1) is 20.9. The third-order valence-electron chi connectivity index (χ3n) is 4.40. The zero-order valence-electron chi connectivity index (χ0n) is 16.4. The van der Waals surface area contributed by atoms with Crippen molar-refractivity contribution < 1.29 is 17.9 Å². The van der Waals surface area contributed by atoms with Crippen LogP contribution < -0.4 is 10.1 Å². The van der Waals surface area contributed by atoms with Gasteiger partial charge in [0.2, 0.25) is 10.0 Å². The van der Waals surface area contributed by atoms with E-state index in [0.717, 1.165) is 26.7 Å². The summed E-state index contributed by atoms with van der Waals surface area (Å²) in [4.78, 5) is 12.4. The van der Waals surface area contributed by atoms with E-state index in [9.17, 15) is 13.2 Å². The fourth-order valence-corrected chi connectivity index (χ4v) is 3.46. The van der Waals surface area contributed by atoms with Crippen LogP contribution >= 0.6 is 0 Å². The Balaban J connectivity index is 1.92. The Labute approximate surface area is 161 Å². The molecule has 6 nitrogen and oxygen atoms in total. The predicted octanol–water partition coefficient (Wildman–Crippen LogP) is 2.67. The molecule has 2 aromatic rings. The zero-order valence-corrected chi connectivity index (χ0v) is 17.2. The first-order valence-electron chi connectivity index (χ1n) is 8.65. The maximum absolute atomic E-state index is 12.2. The highest BCUT2D eigenvalue weighted by atomic mass is 32.2. The Kier molecular flexibility index (Phi) is 6.62. The minimum atomic E-state index is -3.50. The molecule has 0 fully saturated rings. The van der Waals surface area contributed by atoms with Crippen molar-refractivity contribution >= 4 is 15.9 Å². The van der Waals surface area contributed by atoms with Crippen LogP contribution in [0.15, 0.2) is 41.3 Å². The number of nitrogens with zero attached hydrogens (tertiary/aromatic N) is 1. The number of carbonyl (C=O) groups is 1. The van der Waals surface area contributed by atoms with Crippen molar-refractivity contribution in [2.75, 3.05) is 27.2 Å². The molecule has 2 rings (SSSR count). The molecule has 0 aliphatic rings. The third-order valence-corrected chi connectivity index (χ3v) is 6.23. The molecule has 0 heterocycles. The Bertz CT molecular complexity index is 920. The molecule has 1 amide bonds. The van der Waals surface area contributed by atoms with E-state index in [2.05, 4.69) is 11.4 Å². The molecule has 0 bridgehead atoms. The highest BCUT2D eigenvalue weighted by molar-refractivity contribution is 7.89. The summed E-state index contributed by atoms with van der Waals surface area (Å²) >= 11 is 0.